The average molecular weight is 194 g/mol. The van der Waals surface area contributed by atoms with Crippen molar-refractivity contribution >= 4 is 11.8 Å². The van der Waals surface area contributed by atoms with Gasteiger partial charge < -0.3 is 16.2 Å². The smallest absolute Gasteiger partial charge is 0.404 e. The summed E-state index contributed by atoms with van der Waals surface area (Å²) < 4.78 is 0. The van der Waals surface area contributed by atoms with Crippen LogP contribution in [0.25, 0.3) is 0 Å². The van der Waals surface area contributed by atoms with Crippen LogP contribution in [-0.4, -0.2) is 17.7 Å². The zero-order valence-electron chi connectivity index (χ0n) is 8.08. The third-order valence-corrected chi connectivity index (χ3v) is 2.04. The first-order valence-corrected chi connectivity index (χ1v) is 4.41. The topological polar surface area (TPSA) is 75.3 Å². The lowest BCUT2D eigenvalue weighted by Crippen LogP contribution is -2.23. The lowest BCUT2D eigenvalue weighted by molar-refractivity contribution is 0.194. The van der Waals surface area contributed by atoms with E-state index in [-0.39, 0.29) is 0 Å². The number of nitrogens with one attached hydrogen (secondary N) is 1. The number of amides is 1. The largest absolute Gasteiger partial charge is 0.465 e. The molecule has 1 rings (SSSR count). The van der Waals surface area contributed by atoms with Crippen LogP contribution in [0.4, 0.5) is 10.5 Å². The van der Waals surface area contributed by atoms with Crippen molar-refractivity contribution in [1.82, 2.24) is 5.32 Å². The van der Waals surface area contributed by atoms with Crippen LogP contribution in [0.1, 0.15) is 11.1 Å². The average Bonchev–Trinajstić information content (AvgIpc) is 2.10. The quantitative estimate of drug-likeness (QED) is 0.636. The van der Waals surface area contributed by atoms with E-state index in [1.165, 1.54) is 0 Å². The van der Waals surface area contributed by atoms with Crippen LogP contribution in [0.15, 0.2) is 18.2 Å². The van der Waals surface area contributed by atoms with E-state index in [0.717, 1.165) is 11.1 Å². The Morgan fingerprint density at radius 3 is 2.93 bits per heavy atom. The van der Waals surface area contributed by atoms with Crippen molar-refractivity contribution in [3.63, 3.8) is 0 Å². The van der Waals surface area contributed by atoms with Gasteiger partial charge in [-0.3, -0.25) is 0 Å². The molecule has 0 atom stereocenters. The van der Waals surface area contributed by atoms with Crippen LogP contribution in [0.2, 0.25) is 0 Å². The Bertz CT molecular complexity index is 337. The van der Waals surface area contributed by atoms with E-state index in [1.54, 1.807) is 0 Å². The fraction of sp³-hybridized carbons (Fsp3) is 0.300. The third-order valence-electron chi connectivity index (χ3n) is 2.04. The highest BCUT2D eigenvalue weighted by Crippen LogP contribution is 2.12. The molecule has 0 aliphatic rings. The minimum atomic E-state index is -0.994. The zero-order chi connectivity index (χ0) is 10.6. The predicted octanol–water partition coefficient (Wildman–Crippen LogP) is 1.39. The van der Waals surface area contributed by atoms with Crippen LogP contribution in [0.3, 0.4) is 0 Å². The van der Waals surface area contributed by atoms with Crippen molar-refractivity contribution < 1.29 is 9.90 Å². The van der Waals surface area contributed by atoms with E-state index in [0.29, 0.717) is 18.7 Å². The normalized spacial score (nSPS) is 9.79. The summed E-state index contributed by atoms with van der Waals surface area (Å²) in [7, 11) is 0. The van der Waals surface area contributed by atoms with Crippen molar-refractivity contribution in [2.24, 2.45) is 0 Å². The first-order valence-electron chi connectivity index (χ1n) is 4.41. The molecule has 0 saturated heterocycles. The molecule has 0 saturated carbocycles. The number of hydrogen-bond acceptors (Lipinski definition) is 2. The number of nitrogens with two attached hydrogens (primary N) is 1. The molecule has 0 spiro atoms. The second-order valence-corrected chi connectivity index (χ2v) is 3.17. The van der Waals surface area contributed by atoms with Crippen LogP contribution < -0.4 is 11.1 Å². The Labute approximate surface area is 82.7 Å². The molecule has 4 heteroatoms. The lowest BCUT2D eigenvalue weighted by Gasteiger charge is -2.06. The Balaban J connectivity index is 2.57. The molecule has 0 heterocycles. The molecule has 4 N–H and O–H groups in total. The predicted molar refractivity (Wildman–Crippen MR) is 55.3 cm³/mol. The van der Waals surface area contributed by atoms with E-state index in [2.05, 4.69) is 5.32 Å². The number of benzene rings is 1. The molecule has 1 aromatic rings. The molecular formula is C10H14N2O2. The fourth-order valence-corrected chi connectivity index (χ4v) is 1.26. The van der Waals surface area contributed by atoms with Gasteiger partial charge in [0.2, 0.25) is 0 Å². The third kappa shape index (κ3) is 2.97. The van der Waals surface area contributed by atoms with Crippen LogP contribution in [-0.2, 0) is 6.42 Å². The first-order chi connectivity index (χ1) is 6.59. The summed E-state index contributed by atoms with van der Waals surface area (Å²) in [6, 6.07) is 5.65. The van der Waals surface area contributed by atoms with Gasteiger partial charge in [-0.2, -0.15) is 0 Å². The van der Waals surface area contributed by atoms with E-state index in [9.17, 15) is 4.79 Å². The molecule has 0 radical (unpaired) electrons. The van der Waals surface area contributed by atoms with Gasteiger partial charge in [0.05, 0.1) is 0 Å². The second-order valence-electron chi connectivity index (χ2n) is 3.17. The van der Waals surface area contributed by atoms with Gasteiger partial charge in [0, 0.05) is 12.2 Å². The van der Waals surface area contributed by atoms with E-state index in [4.69, 9.17) is 10.8 Å². The monoisotopic (exact) mass is 194 g/mol. The number of aryl methyl sites for hydroxylation is 1. The summed E-state index contributed by atoms with van der Waals surface area (Å²) in [5, 5.41) is 10.7. The van der Waals surface area contributed by atoms with Crippen LogP contribution >= 0.6 is 0 Å². The second kappa shape index (κ2) is 4.50. The number of hydrogen-bond donors (Lipinski definition) is 3. The Morgan fingerprint density at radius 2 is 2.29 bits per heavy atom. The van der Waals surface area contributed by atoms with Crippen LogP contribution in [0, 0.1) is 6.92 Å². The molecule has 0 aromatic heterocycles. The molecule has 1 aromatic carbocycles. The summed E-state index contributed by atoms with van der Waals surface area (Å²) >= 11 is 0. The van der Waals surface area contributed by atoms with E-state index < -0.39 is 6.09 Å². The van der Waals surface area contributed by atoms with Gasteiger partial charge in [-0.25, -0.2) is 4.79 Å². The maximum absolute atomic E-state index is 10.2. The van der Waals surface area contributed by atoms with Crippen molar-refractivity contribution in [3.05, 3.63) is 29.3 Å². The Morgan fingerprint density at radius 1 is 1.57 bits per heavy atom. The minimum absolute atomic E-state index is 0.416. The van der Waals surface area contributed by atoms with Gasteiger partial charge in [-0.15, -0.1) is 0 Å². The Kier molecular flexibility index (Phi) is 3.34. The molecule has 0 unspecified atom stereocenters. The van der Waals surface area contributed by atoms with Crippen molar-refractivity contribution in [2.75, 3.05) is 12.3 Å². The molecule has 0 fully saturated rings. The standard InChI is InChI=1S/C10H14N2O2/c1-7-2-3-9(11)6-8(7)4-5-12-10(13)14/h2-3,6,12H,4-5,11H2,1H3,(H,13,14). The number of rotatable bonds is 3. The minimum Gasteiger partial charge on any atom is -0.465 e. The molecule has 1 amide bonds. The van der Waals surface area contributed by atoms with Gasteiger partial charge >= 0.3 is 6.09 Å². The number of carbonyl (C=O) groups is 1. The van der Waals surface area contributed by atoms with Crippen molar-refractivity contribution in [3.8, 4) is 0 Å². The Hall–Kier alpha value is -1.71. The van der Waals surface area contributed by atoms with Gasteiger partial charge in [0.25, 0.3) is 0 Å². The summed E-state index contributed by atoms with van der Waals surface area (Å²) in [6.07, 6.45) is -0.324. The number of carboxylic acid groups (broad SMARTS) is 1. The summed E-state index contributed by atoms with van der Waals surface area (Å²) in [4.78, 5) is 10.2. The van der Waals surface area contributed by atoms with Gasteiger partial charge in [-0.1, -0.05) is 6.07 Å². The van der Waals surface area contributed by atoms with Crippen molar-refractivity contribution in [1.29, 1.82) is 0 Å². The fourth-order valence-electron chi connectivity index (χ4n) is 1.26. The van der Waals surface area contributed by atoms with Gasteiger partial charge in [0.15, 0.2) is 0 Å². The van der Waals surface area contributed by atoms with E-state index in [1.807, 2.05) is 25.1 Å². The zero-order valence-corrected chi connectivity index (χ0v) is 8.08. The molecule has 0 bridgehead atoms. The number of anilines is 1. The maximum atomic E-state index is 10.2. The van der Waals surface area contributed by atoms with Gasteiger partial charge in [0.1, 0.15) is 0 Å². The molecule has 0 aliphatic heterocycles. The van der Waals surface area contributed by atoms with Gasteiger partial charge in [-0.05, 0) is 36.6 Å². The summed E-state index contributed by atoms with van der Waals surface area (Å²) in [5.41, 5.74) is 8.54. The molecule has 76 valence electrons. The van der Waals surface area contributed by atoms with E-state index >= 15 is 0 Å². The molecule has 4 nitrogen and oxygen atoms in total. The highest BCUT2D eigenvalue weighted by molar-refractivity contribution is 5.64. The summed E-state index contributed by atoms with van der Waals surface area (Å²) in [6.45, 7) is 2.40. The highest BCUT2D eigenvalue weighted by atomic mass is 16.4. The maximum Gasteiger partial charge on any atom is 0.404 e. The molecule has 14 heavy (non-hydrogen) atoms. The SMILES string of the molecule is Cc1ccc(N)cc1CCNC(=O)O. The van der Waals surface area contributed by atoms with Crippen molar-refractivity contribution in [2.45, 2.75) is 13.3 Å². The first kappa shape index (κ1) is 10.4. The lowest BCUT2D eigenvalue weighted by atomic mass is 10.1. The molecular weight excluding hydrogens is 180 g/mol. The van der Waals surface area contributed by atoms with Crippen LogP contribution in [0.5, 0.6) is 0 Å². The summed E-state index contributed by atoms with van der Waals surface area (Å²) in [5.74, 6) is 0. The number of nitrogen functional groups attached to an aromatic ring is 1. The highest BCUT2D eigenvalue weighted by Gasteiger charge is 2.00. The molecule has 0 aliphatic carbocycles.